The van der Waals surface area contributed by atoms with Crippen molar-refractivity contribution in [2.75, 3.05) is 17.8 Å². The molecule has 1 aliphatic heterocycles. The lowest BCUT2D eigenvalue weighted by Gasteiger charge is -2.30. The fourth-order valence-corrected chi connectivity index (χ4v) is 3.84. The van der Waals surface area contributed by atoms with Gasteiger partial charge in [0.25, 0.3) is 15.9 Å². The summed E-state index contributed by atoms with van der Waals surface area (Å²) in [5.41, 5.74) is 6.83. The number of nitrogens with one attached hydrogen (secondary N) is 1. The highest BCUT2D eigenvalue weighted by atomic mass is 32.2. The van der Waals surface area contributed by atoms with Crippen molar-refractivity contribution in [3.63, 3.8) is 0 Å². The van der Waals surface area contributed by atoms with E-state index in [0.717, 1.165) is 12.8 Å². The van der Waals surface area contributed by atoms with Crippen LogP contribution in [-0.4, -0.2) is 38.4 Å². The van der Waals surface area contributed by atoms with Crippen molar-refractivity contribution in [1.29, 1.82) is 0 Å². The molecule has 0 radical (unpaired) electrons. The number of rotatable bonds is 4. The van der Waals surface area contributed by atoms with E-state index in [0.29, 0.717) is 24.3 Å². The number of amides is 1. The van der Waals surface area contributed by atoms with Crippen molar-refractivity contribution in [1.82, 2.24) is 4.90 Å². The van der Waals surface area contributed by atoms with Crippen molar-refractivity contribution >= 4 is 21.6 Å². The topological polar surface area (TPSA) is 92.5 Å². The van der Waals surface area contributed by atoms with E-state index in [1.807, 2.05) is 6.07 Å². The zero-order chi connectivity index (χ0) is 17.9. The molecule has 0 unspecified atom stereocenters. The first-order chi connectivity index (χ1) is 12.0. The van der Waals surface area contributed by atoms with E-state index >= 15 is 0 Å². The molecule has 6 nitrogen and oxygen atoms in total. The average molecular weight is 359 g/mol. The Hall–Kier alpha value is -2.38. The Balaban J connectivity index is 1.72. The minimum atomic E-state index is -3.68. The molecule has 3 N–H and O–H groups in total. The summed E-state index contributed by atoms with van der Waals surface area (Å²) in [6.07, 6.45) is 1.58. The van der Waals surface area contributed by atoms with Crippen molar-refractivity contribution < 1.29 is 13.2 Å². The summed E-state index contributed by atoms with van der Waals surface area (Å²) in [4.78, 5) is 14.4. The molecular weight excluding hydrogens is 338 g/mol. The molecule has 0 saturated carbocycles. The van der Waals surface area contributed by atoms with Gasteiger partial charge in [0.2, 0.25) is 0 Å². The van der Waals surface area contributed by atoms with E-state index in [-0.39, 0.29) is 16.8 Å². The second kappa shape index (κ2) is 7.25. The van der Waals surface area contributed by atoms with Crippen LogP contribution in [0, 0.1) is 0 Å². The number of likely N-dealkylation sites (tertiary alicyclic amines) is 1. The summed E-state index contributed by atoms with van der Waals surface area (Å²) < 4.78 is 27.3. The number of sulfonamides is 1. The van der Waals surface area contributed by atoms with E-state index in [9.17, 15) is 13.2 Å². The van der Waals surface area contributed by atoms with Crippen LogP contribution in [-0.2, 0) is 10.0 Å². The molecule has 1 amide bonds. The number of nitrogens with zero attached hydrogens (tertiary/aromatic N) is 1. The van der Waals surface area contributed by atoms with Gasteiger partial charge in [-0.15, -0.1) is 0 Å². The number of para-hydroxylation sites is 1. The number of benzene rings is 2. The maximum absolute atomic E-state index is 12.5. The molecule has 1 fully saturated rings. The van der Waals surface area contributed by atoms with Crippen LogP contribution < -0.4 is 10.5 Å². The van der Waals surface area contributed by atoms with Gasteiger partial charge in [0.15, 0.2) is 0 Å². The first-order valence-electron chi connectivity index (χ1n) is 8.18. The summed E-state index contributed by atoms with van der Waals surface area (Å²) in [5, 5.41) is 0. The molecule has 2 aromatic carbocycles. The molecule has 2 aromatic rings. The molecule has 3 rings (SSSR count). The van der Waals surface area contributed by atoms with E-state index in [2.05, 4.69) is 4.72 Å². The van der Waals surface area contributed by atoms with Crippen molar-refractivity contribution in [3.8, 4) is 0 Å². The van der Waals surface area contributed by atoms with Crippen molar-refractivity contribution in [3.05, 3.63) is 60.2 Å². The van der Waals surface area contributed by atoms with Gasteiger partial charge in [-0.05, 0) is 49.2 Å². The molecule has 0 atom stereocenters. The third kappa shape index (κ3) is 4.18. The third-order valence-corrected chi connectivity index (χ3v) is 5.66. The van der Waals surface area contributed by atoms with E-state index in [4.69, 9.17) is 5.73 Å². The fourth-order valence-electron chi connectivity index (χ4n) is 2.78. The molecular formula is C18H21N3O3S. The first-order valence-corrected chi connectivity index (χ1v) is 9.67. The highest BCUT2D eigenvalue weighted by molar-refractivity contribution is 7.92. The summed E-state index contributed by atoms with van der Waals surface area (Å²) in [6.45, 7) is 1.27. The second-order valence-electron chi connectivity index (χ2n) is 6.13. The standard InChI is InChI=1S/C18H21N3O3S/c19-15-10-12-21(13-11-15)18(22)14-6-8-17(9-7-14)25(23,24)20-16-4-2-1-3-5-16/h1-9,15,20H,10-13,19H2. The predicted molar refractivity (Wildman–Crippen MR) is 96.8 cm³/mol. The Morgan fingerprint density at radius 1 is 1.00 bits per heavy atom. The molecule has 1 aliphatic rings. The molecule has 25 heavy (non-hydrogen) atoms. The molecule has 1 heterocycles. The van der Waals surface area contributed by atoms with Gasteiger partial charge in [-0.3, -0.25) is 9.52 Å². The Morgan fingerprint density at radius 3 is 2.20 bits per heavy atom. The van der Waals surface area contributed by atoms with Crippen LogP contribution in [0.4, 0.5) is 5.69 Å². The highest BCUT2D eigenvalue weighted by Crippen LogP contribution is 2.18. The summed E-state index contributed by atoms with van der Waals surface area (Å²) >= 11 is 0. The summed E-state index contributed by atoms with van der Waals surface area (Å²) in [7, 11) is -3.68. The molecule has 0 aliphatic carbocycles. The van der Waals surface area contributed by atoms with Crippen LogP contribution in [0.5, 0.6) is 0 Å². The van der Waals surface area contributed by atoms with Crippen LogP contribution in [0.1, 0.15) is 23.2 Å². The van der Waals surface area contributed by atoms with Crippen LogP contribution in [0.25, 0.3) is 0 Å². The van der Waals surface area contributed by atoms with Crippen LogP contribution >= 0.6 is 0 Å². The van der Waals surface area contributed by atoms with Gasteiger partial charge in [-0.1, -0.05) is 18.2 Å². The molecule has 132 valence electrons. The lowest BCUT2D eigenvalue weighted by atomic mass is 10.1. The van der Waals surface area contributed by atoms with Crippen LogP contribution in [0.3, 0.4) is 0 Å². The maximum atomic E-state index is 12.5. The summed E-state index contributed by atoms with van der Waals surface area (Å²) in [6, 6.07) is 14.8. The van der Waals surface area contributed by atoms with E-state index < -0.39 is 10.0 Å². The zero-order valence-electron chi connectivity index (χ0n) is 13.8. The lowest BCUT2D eigenvalue weighted by Crippen LogP contribution is -2.42. The Kier molecular flexibility index (Phi) is 5.06. The third-order valence-electron chi connectivity index (χ3n) is 4.26. The average Bonchev–Trinajstić information content (AvgIpc) is 2.62. The van der Waals surface area contributed by atoms with Gasteiger partial charge in [-0.2, -0.15) is 0 Å². The number of hydrogen-bond acceptors (Lipinski definition) is 4. The van der Waals surface area contributed by atoms with E-state index in [1.54, 1.807) is 41.3 Å². The predicted octanol–water partition coefficient (Wildman–Crippen LogP) is 2.05. The smallest absolute Gasteiger partial charge is 0.261 e. The number of carbonyl (C=O) groups is 1. The molecule has 7 heteroatoms. The Morgan fingerprint density at radius 2 is 1.60 bits per heavy atom. The molecule has 0 aromatic heterocycles. The second-order valence-corrected chi connectivity index (χ2v) is 7.81. The van der Waals surface area contributed by atoms with Crippen molar-refractivity contribution in [2.24, 2.45) is 5.73 Å². The van der Waals surface area contributed by atoms with Crippen LogP contribution in [0.15, 0.2) is 59.5 Å². The minimum Gasteiger partial charge on any atom is -0.339 e. The number of hydrogen-bond donors (Lipinski definition) is 2. The number of anilines is 1. The van der Waals surface area contributed by atoms with Gasteiger partial charge < -0.3 is 10.6 Å². The Labute approximate surface area is 147 Å². The monoisotopic (exact) mass is 359 g/mol. The SMILES string of the molecule is NC1CCN(C(=O)c2ccc(S(=O)(=O)Nc3ccccc3)cc2)CC1. The number of piperidine rings is 1. The lowest BCUT2D eigenvalue weighted by molar-refractivity contribution is 0.0714. The van der Waals surface area contributed by atoms with Gasteiger partial charge in [-0.25, -0.2) is 8.42 Å². The zero-order valence-corrected chi connectivity index (χ0v) is 14.6. The largest absolute Gasteiger partial charge is 0.339 e. The highest BCUT2D eigenvalue weighted by Gasteiger charge is 2.22. The first kappa shape index (κ1) is 17.4. The Bertz CT molecular complexity index is 828. The van der Waals surface area contributed by atoms with Crippen molar-refractivity contribution in [2.45, 2.75) is 23.8 Å². The quantitative estimate of drug-likeness (QED) is 0.874. The molecule has 0 spiro atoms. The fraction of sp³-hybridized carbons (Fsp3) is 0.278. The number of carbonyl (C=O) groups excluding carboxylic acids is 1. The normalized spacial score (nSPS) is 15.8. The molecule has 1 saturated heterocycles. The number of nitrogens with two attached hydrogens (primary N) is 1. The van der Waals surface area contributed by atoms with Gasteiger partial charge in [0, 0.05) is 30.4 Å². The minimum absolute atomic E-state index is 0.0909. The van der Waals surface area contributed by atoms with Crippen LogP contribution in [0.2, 0.25) is 0 Å². The van der Waals surface area contributed by atoms with Gasteiger partial charge in [0.1, 0.15) is 0 Å². The summed E-state index contributed by atoms with van der Waals surface area (Å²) in [5.74, 6) is -0.0909. The maximum Gasteiger partial charge on any atom is 0.261 e. The van der Waals surface area contributed by atoms with Gasteiger partial charge >= 0.3 is 0 Å². The van der Waals surface area contributed by atoms with E-state index in [1.165, 1.54) is 12.1 Å². The molecule has 0 bridgehead atoms. The van der Waals surface area contributed by atoms with Gasteiger partial charge in [0.05, 0.1) is 4.90 Å².